The van der Waals surface area contributed by atoms with Gasteiger partial charge < -0.3 is 15.4 Å². The summed E-state index contributed by atoms with van der Waals surface area (Å²) in [6, 6.07) is 15.9. The van der Waals surface area contributed by atoms with Crippen LogP contribution in [0.4, 0.5) is 5.69 Å². The summed E-state index contributed by atoms with van der Waals surface area (Å²) in [5, 5.41) is 5.33. The maximum Gasteiger partial charge on any atom is 0.306 e. The van der Waals surface area contributed by atoms with E-state index in [0.717, 1.165) is 10.7 Å². The van der Waals surface area contributed by atoms with Crippen molar-refractivity contribution in [1.82, 2.24) is 9.62 Å². The van der Waals surface area contributed by atoms with Crippen LogP contribution in [0.5, 0.6) is 0 Å². The summed E-state index contributed by atoms with van der Waals surface area (Å²) in [6.07, 6.45) is 1.43. The monoisotopic (exact) mass is 477 g/mol. The molecule has 2 aromatic carbocycles. The van der Waals surface area contributed by atoms with Gasteiger partial charge in [0, 0.05) is 26.2 Å². The van der Waals surface area contributed by atoms with Crippen LogP contribution in [0.1, 0.15) is 24.8 Å². The zero-order chi connectivity index (χ0) is 23.6. The van der Waals surface area contributed by atoms with Gasteiger partial charge in [0.15, 0.2) is 5.11 Å². The topological polar surface area (TPSA) is 105 Å². The van der Waals surface area contributed by atoms with Crippen LogP contribution in [0, 0.1) is 0 Å². The smallest absolute Gasteiger partial charge is 0.306 e. The van der Waals surface area contributed by atoms with Gasteiger partial charge in [0.05, 0.1) is 17.9 Å². The Morgan fingerprint density at radius 3 is 2.28 bits per heavy atom. The van der Waals surface area contributed by atoms with Crippen LogP contribution in [0.15, 0.2) is 59.5 Å². The molecule has 0 radical (unpaired) electrons. The lowest BCUT2D eigenvalue weighted by molar-refractivity contribution is -0.145. The fourth-order valence-electron chi connectivity index (χ4n) is 2.67. The summed E-state index contributed by atoms with van der Waals surface area (Å²) >= 11 is 5.09. The van der Waals surface area contributed by atoms with Crippen molar-refractivity contribution < 1.29 is 22.7 Å². The van der Waals surface area contributed by atoms with Crippen molar-refractivity contribution in [1.29, 1.82) is 0 Å². The second-order valence-electron chi connectivity index (χ2n) is 7.12. The second kappa shape index (κ2) is 12.3. The Bertz CT molecular complexity index is 1020. The Labute approximate surface area is 194 Å². The van der Waals surface area contributed by atoms with Crippen molar-refractivity contribution in [2.24, 2.45) is 0 Å². The van der Waals surface area contributed by atoms with Gasteiger partial charge in [-0.3, -0.25) is 9.59 Å². The normalized spacial score (nSPS) is 11.1. The Hall–Kier alpha value is -2.82. The lowest BCUT2D eigenvalue weighted by Crippen LogP contribution is -2.34. The minimum Gasteiger partial charge on any atom is -0.466 e. The van der Waals surface area contributed by atoms with Gasteiger partial charge in [0.1, 0.15) is 0 Å². The average molecular weight is 478 g/mol. The standard InChI is InChI=1S/C22H27N3O5S2/c1-25(2)32(28,29)19-12-10-18(11-13-19)23-22(31)24-20(26)14-15-21(27)30-16-6-9-17-7-4-3-5-8-17/h3-5,7-8,10-13H,6,9,14-16H2,1-2H3,(H2,23,24,26,31). The lowest BCUT2D eigenvalue weighted by atomic mass is 10.1. The van der Waals surface area contributed by atoms with Crippen LogP contribution in [-0.2, 0) is 30.8 Å². The third-order valence-electron chi connectivity index (χ3n) is 4.42. The van der Waals surface area contributed by atoms with Crippen molar-refractivity contribution in [3.8, 4) is 0 Å². The van der Waals surface area contributed by atoms with E-state index < -0.39 is 21.9 Å². The predicted octanol–water partition coefficient (Wildman–Crippen LogP) is 2.71. The molecular formula is C22H27N3O5S2. The number of carbonyl (C=O) groups is 2. The van der Waals surface area contributed by atoms with E-state index in [-0.39, 0.29) is 22.8 Å². The van der Waals surface area contributed by atoms with Gasteiger partial charge in [-0.1, -0.05) is 30.3 Å². The highest BCUT2D eigenvalue weighted by molar-refractivity contribution is 7.89. The molecule has 2 rings (SSSR count). The summed E-state index contributed by atoms with van der Waals surface area (Å²) in [5.41, 5.74) is 1.70. The molecule has 2 aromatic rings. The number of anilines is 1. The van der Waals surface area contributed by atoms with Gasteiger partial charge in [0.2, 0.25) is 15.9 Å². The van der Waals surface area contributed by atoms with Gasteiger partial charge >= 0.3 is 5.97 Å². The predicted molar refractivity (Wildman–Crippen MR) is 127 cm³/mol. The molecule has 0 aliphatic carbocycles. The first-order valence-electron chi connectivity index (χ1n) is 10.0. The molecule has 0 atom stereocenters. The number of rotatable bonds is 10. The maximum atomic E-state index is 12.1. The van der Waals surface area contributed by atoms with E-state index in [1.54, 1.807) is 12.1 Å². The third kappa shape index (κ3) is 8.37. The minimum atomic E-state index is -3.52. The quantitative estimate of drug-likeness (QED) is 0.308. The molecule has 172 valence electrons. The number of esters is 1. The van der Waals surface area contributed by atoms with E-state index in [0.29, 0.717) is 18.7 Å². The molecule has 0 unspecified atom stereocenters. The van der Waals surface area contributed by atoms with E-state index in [4.69, 9.17) is 17.0 Å². The number of thiocarbonyl (C=S) groups is 1. The summed E-state index contributed by atoms with van der Waals surface area (Å²) in [6.45, 7) is 0.300. The third-order valence-corrected chi connectivity index (χ3v) is 6.45. The van der Waals surface area contributed by atoms with E-state index in [2.05, 4.69) is 10.6 Å². The summed E-state index contributed by atoms with van der Waals surface area (Å²) in [5.74, 6) is -0.861. The molecule has 0 heterocycles. The van der Waals surface area contributed by atoms with Crippen molar-refractivity contribution in [2.75, 3.05) is 26.0 Å². The zero-order valence-corrected chi connectivity index (χ0v) is 19.7. The van der Waals surface area contributed by atoms with Crippen LogP contribution in [0.25, 0.3) is 0 Å². The van der Waals surface area contributed by atoms with Gasteiger partial charge in [0.25, 0.3) is 0 Å². The molecule has 0 spiro atoms. The summed E-state index contributed by atoms with van der Waals surface area (Å²) < 4.78 is 30.4. The largest absolute Gasteiger partial charge is 0.466 e. The number of aryl methyl sites for hydroxylation is 1. The molecular weight excluding hydrogens is 450 g/mol. The highest BCUT2D eigenvalue weighted by atomic mass is 32.2. The number of sulfonamides is 1. The molecule has 0 aliphatic rings. The van der Waals surface area contributed by atoms with E-state index in [1.165, 1.54) is 31.8 Å². The first-order chi connectivity index (χ1) is 15.2. The molecule has 0 saturated carbocycles. The van der Waals surface area contributed by atoms with Crippen molar-refractivity contribution >= 4 is 44.9 Å². The molecule has 8 nitrogen and oxygen atoms in total. The number of hydrogen-bond acceptors (Lipinski definition) is 6. The fourth-order valence-corrected chi connectivity index (χ4v) is 3.80. The van der Waals surface area contributed by atoms with Crippen LogP contribution in [0.3, 0.4) is 0 Å². The fraction of sp³-hybridized carbons (Fsp3) is 0.318. The van der Waals surface area contributed by atoms with Crippen LogP contribution in [-0.4, -0.2) is 50.4 Å². The lowest BCUT2D eigenvalue weighted by Gasteiger charge is -2.13. The number of amides is 1. The molecule has 0 aromatic heterocycles. The van der Waals surface area contributed by atoms with Crippen LogP contribution < -0.4 is 10.6 Å². The first kappa shape index (κ1) is 25.4. The van der Waals surface area contributed by atoms with Crippen molar-refractivity contribution in [2.45, 2.75) is 30.6 Å². The van der Waals surface area contributed by atoms with Crippen LogP contribution in [0.2, 0.25) is 0 Å². The Balaban J connectivity index is 1.67. The van der Waals surface area contributed by atoms with E-state index in [9.17, 15) is 18.0 Å². The molecule has 32 heavy (non-hydrogen) atoms. The first-order valence-corrected chi connectivity index (χ1v) is 11.9. The van der Waals surface area contributed by atoms with Gasteiger partial charge in [-0.15, -0.1) is 0 Å². The second-order valence-corrected chi connectivity index (χ2v) is 9.68. The molecule has 0 bridgehead atoms. The number of carbonyl (C=O) groups excluding carboxylic acids is 2. The molecule has 2 N–H and O–H groups in total. The number of ether oxygens (including phenoxy) is 1. The van der Waals surface area contributed by atoms with Gasteiger partial charge in [-0.25, -0.2) is 12.7 Å². The summed E-state index contributed by atoms with van der Waals surface area (Å²) in [4.78, 5) is 23.9. The van der Waals surface area contributed by atoms with E-state index >= 15 is 0 Å². The van der Waals surface area contributed by atoms with Gasteiger partial charge in [-0.05, 0) is 54.9 Å². The molecule has 0 aliphatic heterocycles. The molecule has 10 heteroatoms. The molecule has 1 amide bonds. The molecule has 0 saturated heterocycles. The number of hydrogen-bond donors (Lipinski definition) is 2. The average Bonchev–Trinajstić information content (AvgIpc) is 2.76. The number of nitrogens with zero attached hydrogens (tertiary/aromatic N) is 1. The minimum absolute atomic E-state index is 0.0448. The van der Waals surface area contributed by atoms with Crippen molar-refractivity contribution in [3.05, 3.63) is 60.2 Å². The number of nitrogens with one attached hydrogen (secondary N) is 2. The zero-order valence-electron chi connectivity index (χ0n) is 18.0. The highest BCUT2D eigenvalue weighted by Crippen LogP contribution is 2.16. The highest BCUT2D eigenvalue weighted by Gasteiger charge is 2.16. The van der Waals surface area contributed by atoms with Gasteiger partial charge in [-0.2, -0.15) is 0 Å². The maximum absolute atomic E-state index is 12.1. The van der Waals surface area contributed by atoms with Crippen molar-refractivity contribution in [3.63, 3.8) is 0 Å². The Morgan fingerprint density at radius 1 is 1.00 bits per heavy atom. The SMILES string of the molecule is CN(C)S(=O)(=O)c1ccc(NC(=S)NC(=O)CCC(=O)OCCCc2ccccc2)cc1. The Morgan fingerprint density at radius 2 is 1.66 bits per heavy atom. The van der Waals surface area contributed by atoms with Crippen LogP contribution >= 0.6 is 12.2 Å². The summed E-state index contributed by atoms with van der Waals surface area (Å²) in [7, 11) is -0.618. The number of benzene rings is 2. The molecule has 0 fully saturated rings. The van der Waals surface area contributed by atoms with E-state index in [1.807, 2.05) is 30.3 Å². The Kier molecular flexibility index (Phi) is 9.76.